The average Bonchev–Trinajstić information content (AvgIpc) is 2.61. The van der Waals surface area contributed by atoms with Gasteiger partial charge >= 0.3 is 6.16 Å². The molecule has 0 amide bonds. The Morgan fingerprint density at radius 1 is 1.24 bits per heavy atom. The van der Waals surface area contributed by atoms with Gasteiger partial charge in [0.05, 0.1) is 12.1 Å². The van der Waals surface area contributed by atoms with Gasteiger partial charge in [0.25, 0.3) is 5.56 Å². The molecule has 3 rings (SSSR count). The summed E-state index contributed by atoms with van der Waals surface area (Å²) in [6.45, 7) is 1.81. The predicted molar refractivity (Wildman–Crippen MR) is 88.3 cm³/mol. The van der Waals surface area contributed by atoms with E-state index in [4.69, 9.17) is 21.1 Å². The Labute approximate surface area is 154 Å². The fourth-order valence-electron chi connectivity index (χ4n) is 2.36. The van der Waals surface area contributed by atoms with Crippen molar-refractivity contribution in [2.75, 3.05) is 6.61 Å². The van der Waals surface area contributed by atoms with Gasteiger partial charge in [-0.3, -0.25) is 9.20 Å². The Kier molecular flexibility index (Phi) is 6.01. The SMILES string of the molecule is CCOC(=O)Oc1c(-c2cccc[nH+]2)c(=O)n2ccccc2c1Cl.[Cl-]. The van der Waals surface area contributed by atoms with Gasteiger partial charge in [-0.2, -0.15) is 0 Å². The molecule has 0 aliphatic carbocycles. The van der Waals surface area contributed by atoms with Crippen molar-refractivity contribution >= 4 is 23.3 Å². The molecule has 0 unspecified atom stereocenters. The van der Waals surface area contributed by atoms with E-state index in [1.165, 1.54) is 4.40 Å². The Hall–Kier alpha value is -2.57. The van der Waals surface area contributed by atoms with Gasteiger partial charge in [-0.05, 0) is 25.1 Å². The van der Waals surface area contributed by atoms with Crippen LogP contribution in [0.5, 0.6) is 5.75 Å². The van der Waals surface area contributed by atoms with Gasteiger partial charge < -0.3 is 21.9 Å². The standard InChI is InChI=1S/C17H13ClN2O4.ClH/c1-2-23-17(22)24-15-13(11-7-3-5-9-19-11)16(21)20-10-6-4-8-12(20)14(15)18;/h3-10H,2H2,1H3;1H. The van der Waals surface area contributed by atoms with Crippen LogP contribution in [0.25, 0.3) is 16.8 Å². The lowest BCUT2D eigenvalue weighted by molar-refractivity contribution is -0.364. The van der Waals surface area contributed by atoms with Crippen molar-refractivity contribution < 1.29 is 31.7 Å². The van der Waals surface area contributed by atoms with E-state index in [0.717, 1.165) is 0 Å². The van der Waals surface area contributed by atoms with E-state index in [0.29, 0.717) is 11.2 Å². The van der Waals surface area contributed by atoms with E-state index in [1.54, 1.807) is 55.7 Å². The summed E-state index contributed by atoms with van der Waals surface area (Å²) < 4.78 is 11.4. The van der Waals surface area contributed by atoms with Crippen LogP contribution >= 0.6 is 11.6 Å². The zero-order valence-electron chi connectivity index (χ0n) is 13.2. The van der Waals surface area contributed by atoms with Gasteiger partial charge in [0.1, 0.15) is 5.02 Å². The minimum Gasteiger partial charge on any atom is -1.00 e. The summed E-state index contributed by atoms with van der Waals surface area (Å²) in [7, 11) is 0. The van der Waals surface area contributed by atoms with Crippen molar-refractivity contribution in [2.24, 2.45) is 0 Å². The molecule has 0 saturated heterocycles. The van der Waals surface area contributed by atoms with Crippen LogP contribution in [0.1, 0.15) is 6.92 Å². The van der Waals surface area contributed by atoms with Crippen molar-refractivity contribution in [2.45, 2.75) is 6.92 Å². The maximum atomic E-state index is 12.9. The van der Waals surface area contributed by atoms with Crippen LogP contribution in [0, 0.1) is 0 Å². The first-order valence-electron chi connectivity index (χ1n) is 7.28. The fraction of sp³-hybridized carbons (Fsp3) is 0.118. The van der Waals surface area contributed by atoms with Crippen LogP contribution in [0.15, 0.2) is 53.6 Å². The first kappa shape index (κ1) is 18.8. The second-order valence-corrected chi connectivity index (χ2v) is 5.22. The number of hydrogen-bond acceptors (Lipinski definition) is 4. The molecule has 0 bridgehead atoms. The maximum Gasteiger partial charge on any atom is 0.513 e. The number of H-pyrrole nitrogens is 1. The molecule has 0 atom stereocenters. The number of carbonyl (C=O) groups excluding carboxylic acids is 1. The minimum atomic E-state index is -0.920. The van der Waals surface area contributed by atoms with Crippen LogP contribution in [-0.4, -0.2) is 17.2 Å². The fourth-order valence-corrected chi connectivity index (χ4v) is 2.64. The first-order valence-corrected chi connectivity index (χ1v) is 7.65. The lowest BCUT2D eigenvalue weighted by atomic mass is 10.1. The number of hydrogen-bond donors (Lipinski definition) is 0. The predicted octanol–water partition coefficient (Wildman–Crippen LogP) is -0.0267. The molecule has 0 spiro atoms. The van der Waals surface area contributed by atoms with Crippen LogP contribution in [0.4, 0.5) is 4.79 Å². The first-order chi connectivity index (χ1) is 11.6. The molecule has 0 aliphatic heterocycles. The number of pyridine rings is 3. The Balaban J connectivity index is 0.00000225. The third-order valence-electron chi connectivity index (χ3n) is 3.37. The van der Waals surface area contributed by atoms with E-state index in [-0.39, 0.29) is 40.9 Å². The normalized spacial score (nSPS) is 10.2. The molecule has 3 heterocycles. The molecule has 6 nitrogen and oxygen atoms in total. The van der Waals surface area contributed by atoms with E-state index in [9.17, 15) is 9.59 Å². The number of nitrogens with one attached hydrogen (secondary N) is 1. The summed E-state index contributed by atoms with van der Waals surface area (Å²) in [4.78, 5) is 27.6. The maximum absolute atomic E-state index is 12.9. The summed E-state index contributed by atoms with van der Waals surface area (Å²) in [6.07, 6.45) is 2.34. The Morgan fingerprint density at radius 3 is 2.68 bits per heavy atom. The van der Waals surface area contributed by atoms with Gasteiger partial charge in [-0.15, -0.1) is 0 Å². The molecule has 25 heavy (non-hydrogen) atoms. The second-order valence-electron chi connectivity index (χ2n) is 4.84. The second kappa shape index (κ2) is 8.00. The highest BCUT2D eigenvalue weighted by molar-refractivity contribution is 6.36. The van der Waals surface area contributed by atoms with Crippen LogP contribution in [0.3, 0.4) is 0 Å². The van der Waals surface area contributed by atoms with E-state index in [1.807, 2.05) is 0 Å². The zero-order chi connectivity index (χ0) is 17.1. The molecular formula is C17H14Cl2N2O4. The lowest BCUT2D eigenvalue weighted by Gasteiger charge is -2.12. The van der Waals surface area contributed by atoms with Gasteiger partial charge in [0.15, 0.2) is 17.5 Å². The van der Waals surface area contributed by atoms with Crippen molar-refractivity contribution in [1.82, 2.24) is 4.40 Å². The summed E-state index contributed by atoms with van der Waals surface area (Å²) in [5, 5.41) is 0.149. The minimum absolute atomic E-state index is 0. The van der Waals surface area contributed by atoms with Gasteiger partial charge in [-0.1, -0.05) is 17.7 Å². The number of fused-ring (bicyclic) bond motifs is 1. The zero-order valence-corrected chi connectivity index (χ0v) is 14.7. The average molecular weight is 381 g/mol. The molecule has 0 radical (unpaired) electrons. The topological polar surface area (TPSA) is 71.2 Å². The van der Waals surface area contributed by atoms with Gasteiger partial charge in [-0.25, -0.2) is 9.78 Å². The number of ether oxygens (including phenoxy) is 2. The molecular weight excluding hydrogens is 367 g/mol. The van der Waals surface area contributed by atoms with Gasteiger partial charge in [0, 0.05) is 18.3 Å². The number of halogens is 2. The van der Waals surface area contributed by atoms with Gasteiger partial charge in [0.2, 0.25) is 5.69 Å². The van der Waals surface area contributed by atoms with E-state index >= 15 is 0 Å². The summed E-state index contributed by atoms with van der Waals surface area (Å²) in [5.74, 6) is -0.0335. The van der Waals surface area contributed by atoms with Crippen LogP contribution < -0.4 is 27.7 Å². The molecule has 130 valence electrons. The summed E-state index contributed by atoms with van der Waals surface area (Å²) in [6, 6.07) is 10.3. The summed E-state index contributed by atoms with van der Waals surface area (Å²) in [5.41, 5.74) is 0.694. The molecule has 3 aromatic heterocycles. The van der Waals surface area contributed by atoms with E-state index in [2.05, 4.69) is 4.98 Å². The Bertz CT molecular complexity index is 958. The largest absolute Gasteiger partial charge is 1.00 e. The smallest absolute Gasteiger partial charge is 0.513 e. The van der Waals surface area contributed by atoms with Crippen molar-refractivity contribution in [3.8, 4) is 17.0 Å². The third kappa shape index (κ3) is 3.60. The molecule has 0 aliphatic rings. The Morgan fingerprint density at radius 2 is 2.00 bits per heavy atom. The monoisotopic (exact) mass is 380 g/mol. The summed E-state index contributed by atoms with van der Waals surface area (Å²) >= 11 is 6.41. The van der Waals surface area contributed by atoms with Crippen molar-refractivity contribution in [1.29, 1.82) is 0 Å². The number of nitrogens with zero attached hydrogens (tertiary/aromatic N) is 1. The number of rotatable bonds is 3. The molecule has 0 aromatic carbocycles. The number of carbonyl (C=O) groups is 1. The highest BCUT2D eigenvalue weighted by Gasteiger charge is 2.25. The molecule has 3 aromatic rings. The van der Waals surface area contributed by atoms with Crippen molar-refractivity contribution in [3.63, 3.8) is 0 Å². The number of aromatic nitrogens is 2. The molecule has 0 saturated carbocycles. The van der Waals surface area contributed by atoms with E-state index < -0.39 is 6.16 Å². The number of aromatic amines is 1. The quantitative estimate of drug-likeness (QED) is 0.598. The third-order valence-corrected chi connectivity index (χ3v) is 3.74. The molecule has 1 N–H and O–H groups in total. The highest BCUT2D eigenvalue weighted by atomic mass is 35.5. The molecule has 8 heteroatoms. The van der Waals surface area contributed by atoms with Crippen LogP contribution in [0.2, 0.25) is 5.02 Å². The lowest BCUT2D eigenvalue weighted by Crippen LogP contribution is -3.00. The molecule has 0 fully saturated rings. The van der Waals surface area contributed by atoms with Crippen molar-refractivity contribution in [3.05, 3.63) is 64.2 Å². The highest BCUT2D eigenvalue weighted by Crippen LogP contribution is 2.35. The van der Waals surface area contributed by atoms with Crippen LogP contribution in [-0.2, 0) is 4.74 Å².